The minimum atomic E-state index is -3.45. The maximum atomic E-state index is 12.1. The molecule has 2 rings (SSSR count). The van der Waals surface area contributed by atoms with Gasteiger partial charge in [-0.05, 0) is 29.7 Å². The fourth-order valence-electron chi connectivity index (χ4n) is 1.82. The molecular formula is C14H17N3O2S. The molecule has 0 saturated heterocycles. The average Bonchev–Trinajstić information content (AvgIpc) is 2.38. The highest BCUT2D eigenvalue weighted by molar-refractivity contribution is 7.91. The fourth-order valence-corrected chi connectivity index (χ4v) is 2.99. The monoisotopic (exact) mass is 291 g/mol. The number of anilines is 1. The molecule has 3 N–H and O–H groups in total. The number of hydrogen-bond donors (Lipinski definition) is 2. The number of rotatable bonds is 5. The van der Waals surface area contributed by atoms with Gasteiger partial charge in [0.1, 0.15) is 0 Å². The van der Waals surface area contributed by atoms with Crippen molar-refractivity contribution in [1.29, 1.82) is 0 Å². The van der Waals surface area contributed by atoms with Crippen LogP contribution in [0.3, 0.4) is 0 Å². The first-order valence-corrected chi connectivity index (χ1v) is 7.84. The highest BCUT2D eigenvalue weighted by Crippen LogP contribution is 2.13. The van der Waals surface area contributed by atoms with Gasteiger partial charge < -0.3 is 5.73 Å². The van der Waals surface area contributed by atoms with E-state index in [1.807, 2.05) is 19.1 Å². The van der Waals surface area contributed by atoms with Gasteiger partial charge in [0.2, 0.25) is 10.0 Å². The van der Waals surface area contributed by atoms with E-state index < -0.39 is 10.0 Å². The van der Waals surface area contributed by atoms with E-state index in [-0.39, 0.29) is 5.75 Å². The highest BCUT2D eigenvalue weighted by Gasteiger charge is 2.12. The molecule has 1 aromatic carbocycles. The molecule has 0 amide bonds. The van der Waals surface area contributed by atoms with Crippen molar-refractivity contribution >= 4 is 15.7 Å². The third-order valence-corrected chi connectivity index (χ3v) is 4.02. The first kappa shape index (κ1) is 14.5. The highest BCUT2D eigenvalue weighted by atomic mass is 32.2. The summed E-state index contributed by atoms with van der Waals surface area (Å²) in [5, 5.41) is 0. The maximum absolute atomic E-state index is 12.1. The van der Waals surface area contributed by atoms with E-state index in [1.165, 1.54) is 6.20 Å². The summed E-state index contributed by atoms with van der Waals surface area (Å²) in [7, 11) is -3.45. The lowest BCUT2D eigenvalue weighted by Crippen LogP contribution is -2.15. The van der Waals surface area contributed by atoms with Crippen molar-refractivity contribution in [3.05, 3.63) is 59.4 Å². The van der Waals surface area contributed by atoms with Crippen LogP contribution in [-0.4, -0.2) is 13.4 Å². The van der Waals surface area contributed by atoms with Crippen LogP contribution >= 0.6 is 0 Å². The molecule has 0 atom stereocenters. The summed E-state index contributed by atoms with van der Waals surface area (Å²) in [4.78, 5) is 3.96. The minimum Gasteiger partial charge on any atom is -0.326 e. The Hall–Kier alpha value is -1.92. The van der Waals surface area contributed by atoms with Gasteiger partial charge in [-0.2, -0.15) is 0 Å². The van der Waals surface area contributed by atoms with Crippen LogP contribution in [0, 0.1) is 6.92 Å². The number of nitrogens with one attached hydrogen (secondary N) is 1. The van der Waals surface area contributed by atoms with Gasteiger partial charge in [-0.3, -0.25) is 9.71 Å². The molecule has 0 bridgehead atoms. The quantitative estimate of drug-likeness (QED) is 0.879. The zero-order valence-electron chi connectivity index (χ0n) is 11.2. The smallest absolute Gasteiger partial charge is 0.236 e. The molecule has 5 nitrogen and oxygen atoms in total. The summed E-state index contributed by atoms with van der Waals surface area (Å²) in [5.74, 6) is -0.0776. The van der Waals surface area contributed by atoms with Crippen LogP contribution in [-0.2, 0) is 22.3 Å². The van der Waals surface area contributed by atoms with Crippen LogP contribution in [0.25, 0.3) is 0 Å². The third-order valence-electron chi connectivity index (χ3n) is 2.76. The zero-order chi connectivity index (χ0) is 14.6. The van der Waals surface area contributed by atoms with E-state index in [0.717, 1.165) is 16.7 Å². The van der Waals surface area contributed by atoms with E-state index in [2.05, 4.69) is 9.71 Å². The summed E-state index contributed by atoms with van der Waals surface area (Å²) in [6, 6.07) is 8.95. The molecule has 0 unspecified atom stereocenters. The first-order valence-electron chi connectivity index (χ1n) is 6.18. The molecule has 0 fully saturated rings. The van der Waals surface area contributed by atoms with E-state index in [1.54, 1.807) is 24.4 Å². The lowest BCUT2D eigenvalue weighted by atomic mass is 10.1. The molecule has 1 aromatic heterocycles. The van der Waals surface area contributed by atoms with Crippen molar-refractivity contribution in [3.63, 3.8) is 0 Å². The van der Waals surface area contributed by atoms with Gasteiger partial charge in [0.15, 0.2) is 0 Å². The summed E-state index contributed by atoms with van der Waals surface area (Å²) in [6.45, 7) is 2.30. The van der Waals surface area contributed by atoms with Crippen molar-refractivity contribution in [2.45, 2.75) is 19.2 Å². The number of nitrogens with zero attached hydrogens (tertiary/aromatic N) is 1. The van der Waals surface area contributed by atoms with Gasteiger partial charge in [-0.15, -0.1) is 0 Å². The second kappa shape index (κ2) is 6.02. The largest absolute Gasteiger partial charge is 0.326 e. The summed E-state index contributed by atoms with van der Waals surface area (Å²) in [5.41, 5.74) is 8.57. The maximum Gasteiger partial charge on any atom is 0.236 e. The van der Waals surface area contributed by atoms with Crippen LogP contribution < -0.4 is 10.5 Å². The molecule has 106 valence electrons. The number of benzene rings is 1. The second-order valence-corrected chi connectivity index (χ2v) is 6.36. The van der Waals surface area contributed by atoms with Crippen molar-refractivity contribution < 1.29 is 8.42 Å². The minimum absolute atomic E-state index is 0.0776. The number of sulfonamides is 1. The Morgan fingerprint density at radius 3 is 2.40 bits per heavy atom. The molecule has 6 heteroatoms. The number of pyridine rings is 1. The summed E-state index contributed by atoms with van der Waals surface area (Å²) in [6.07, 6.45) is 3.16. The van der Waals surface area contributed by atoms with Crippen molar-refractivity contribution in [2.75, 3.05) is 4.72 Å². The molecule has 0 aliphatic carbocycles. The van der Waals surface area contributed by atoms with Gasteiger partial charge in [0.05, 0.1) is 17.6 Å². The number of aromatic nitrogens is 1. The van der Waals surface area contributed by atoms with Gasteiger partial charge >= 0.3 is 0 Å². The molecule has 20 heavy (non-hydrogen) atoms. The first-order chi connectivity index (χ1) is 9.48. The number of nitrogens with two attached hydrogens (primary N) is 1. The van der Waals surface area contributed by atoms with Gasteiger partial charge in [0, 0.05) is 12.7 Å². The summed E-state index contributed by atoms with van der Waals surface area (Å²) >= 11 is 0. The Kier molecular flexibility index (Phi) is 4.36. The van der Waals surface area contributed by atoms with Crippen molar-refractivity contribution in [1.82, 2.24) is 4.98 Å². The fraction of sp³-hybridized carbons (Fsp3) is 0.214. The van der Waals surface area contributed by atoms with E-state index in [9.17, 15) is 8.42 Å². The Labute approximate surface area is 118 Å². The molecule has 2 aromatic rings. The summed E-state index contributed by atoms with van der Waals surface area (Å²) < 4.78 is 26.7. The number of hydrogen-bond acceptors (Lipinski definition) is 4. The molecule has 1 heterocycles. The molecule has 0 aliphatic rings. The molecular weight excluding hydrogens is 274 g/mol. The molecule has 0 spiro atoms. The Morgan fingerprint density at radius 2 is 1.80 bits per heavy atom. The standard InChI is InChI=1S/C14H17N3O2S/c1-11-6-14(9-16-8-11)17-20(18,19)10-13-4-2-12(7-15)3-5-13/h2-6,8-9,17H,7,10,15H2,1H3. The lowest BCUT2D eigenvalue weighted by molar-refractivity contribution is 0.600. The van der Waals surface area contributed by atoms with Crippen LogP contribution in [0.1, 0.15) is 16.7 Å². The van der Waals surface area contributed by atoms with E-state index in [0.29, 0.717) is 12.2 Å². The van der Waals surface area contributed by atoms with Gasteiger partial charge in [-0.1, -0.05) is 24.3 Å². The van der Waals surface area contributed by atoms with Crippen molar-refractivity contribution in [3.8, 4) is 0 Å². The lowest BCUT2D eigenvalue weighted by Gasteiger charge is -2.08. The zero-order valence-corrected chi connectivity index (χ0v) is 12.0. The van der Waals surface area contributed by atoms with Crippen LogP contribution in [0.4, 0.5) is 5.69 Å². The Morgan fingerprint density at radius 1 is 1.15 bits per heavy atom. The van der Waals surface area contributed by atoms with Crippen LogP contribution in [0.2, 0.25) is 0 Å². The normalized spacial score (nSPS) is 11.3. The Bertz CT molecular complexity index is 682. The average molecular weight is 291 g/mol. The van der Waals surface area contributed by atoms with Gasteiger partial charge in [0.25, 0.3) is 0 Å². The van der Waals surface area contributed by atoms with E-state index >= 15 is 0 Å². The second-order valence-electron chi connectivity index (χ2n) is 4.63. The third kappa shape index (κ3) is 4.04. The Balaban J connectivity index is 2.10. The van der Waals surface area contributed by atoms with Crippen LogP contribution in [0.15, 0.2) is 42.7 Å². The molecule has 0 aliphatic heterocycles. The SMILES string of the molecule is Cc1cncc(NS(=O)(=O)Cc2ccc(CN)cc2)c1. The topological polar surface area (TPSA) is 85.1 Å². The van der Waals surface area contributed by atoms with Crippen molar-refractivity contribution in [2.24, 2.45) is 5.73 Å². The molecule has 0 saturated carbocycles. The van der Waals surface area contributed by atoms with Crippen LogP contribution in [0.5, 0.6) is 0 Å². The van der Waals surface area contributed by atoms with E-state index in [4.69, 9.17) is 5.73 Å². The predicted octanol–water partition coefficient (Wildman–Crippen LogP) is 1.79. The number of aryl methyl sites for hydroxylation is 1. The predicted molar refractivity (Wildman–Crippen MR) is 79.6 cm³/mol. The van der Waals surface area contributed by atoms with Gasteiger partial charge in [-0.25, -0.2) is 8.42 Å². The molecule has 0 radical (unpaired) electrons.